The van der Waals surface area contributed by atoms with E-state index < -0.39 is 0 Å². The second-order valence-corrected chi connectivity index (χ2v) is 6.41. The van der Waals surface area contributed by atoms with E-state index in [1.165, 1.54) is 11.1 Å². The van der Waals surface area contributed by atoms with Crippen molar-refractivity contribution in [1.82, 2.24) is 25.2 Å². The van der Waals surface area contributed by atoms with Gasteiger partial charge in [0.05, 0.1) is 6.54 Å². The average Bonchev–Trinajstić information content (AvgIpc) is 3.10. The molecule has 140 valence electrons. The van der Waals surface area contributed by atoms with Gasteiger partial charge in [0.15, 0.2) is 5.96 Å². The molecular weight excluding hydrogens is 336 g/mol. The highest BCUT2D eigenvalue weighted by Gasteiger charge is 2.03. The van der Waals surface area contributed by atoms with Crippen LogP contribution in [0.5, 0.6) is 0 Å². The summed E-state index contributed by atoms with van der Waals surface area (Å²) >= 11 is 0. The third-order valence-corrected chi connectivity index (χ3v) is 4.19. The van der Waals surface area contributed by atoms with Gasteiger partial charge in [0.1, 0.15) is 11.6 Å². The van der Waals surface area contributed by atoms with Crippen LogP contribution in [0.15, 0.2) is 60.0 Å². The number of aryl methyl sites for hydroxylation is 2. The van der Waals surface area contributed by atoms with E-state index in [0.717, 1.165) is 36.3 Å². The van der Waals surface area contributed by atoms with Crippen LogP contribution in [0.4, 0.5) is 0 Å². The van der Waals surface area contributed by atoms with Crippen LogP contribution in [0.25, 0.3) is 5.82 Å². The van der Waals surface area contributed by atoms with Crippen molar-refractivity contribution < 1.29 is 0 Å². The minimum absolute atomic E-state index is 0.569. The summed E-state index contributed by atoms with van der Waals surface area (Å²) in [6, 6.07) is 12.5. The van der Waals surface area contributed by atoms with Crippen molar-refractivity contribution in [3.63, 3.8) is 0 Å². The lowest BCUT2D eigenvalue weighted by Gasteiger charge is -2.12. The Morgan fingerprint density at radius 3 is 2.63 bits per heavy atom. The number of aliphatic imine (C=N–C) groups is 1. The molecule has 6 heteroatoms. The van der Waals surface area contributed by atoms with Crippen molar-refractivity contribution >= 4 is 5.96 Å². The first-order chi connectivity index (χ1) is 13.2. The number of nitrogens with one attached hydrogen (secondary N) is 2. The highest BCUT2D eigenvalue weighted by Crippen LogP contribution is 2.09. The number of imidazole rings is 1. The molecule has 0 aliphatic heterocycles. The molecule has 0 bridgehead atoms. The van der Waals surface area contributed by atoms with Crippen LogP contribution in [0.1, 0.15) is 29.4 Å². The molecular formula is C21H26N6. The van der Waals surface area contributed by atoms with E-state index in [4.69, 9.17) is 0 Å². The number of hydrogen-bond donors (Lipinski definition) is 2. The van der Waals surface area contributed by atoms with E-state index >= 15 is 0 Å². The van der Waals surface area contributed by atoms with E-state index in [-0.39, 0.29) is 0 Å². The van der Waals surface area contributed by atoms with Crippen LogP contribution >= 0.6 is 0 Å². The zero-order valence-corrected chi connectivity index (χ0v) is 16.1. The Balaban J connectivity index is 1.63. The van der Waals surface area contributed by atoms with Crippen molar-refractivity contribution in [1.29, 1.82) is 0 Å². The Morgan fingerprint density at radius 1 is 1.07 bits per heavy atom. The number of benzene rings is 1. The lowest BCUT2D eigenvalue weighted by molar-refractivity contribution is 0.814. The fraction of sp³-hybridized carbons (Fsp3) is 0.286. The maximum absolute atomic E-state index is 4.67. The molecule has 0 saturated carbocycles. The Morgan fingerprint density at radius 2 is 1.96 bits per heavy atom. The predicted molar refractivity (Wildman–Crippen MR) is 109 cm³/mol. The number of rotatable bonds is 6. The first kappa shape index (κ1) is 18.6. The first-order valence-electron chi connectivity index (χ1n) is 9.18. The number of pyridine rings is 1. The standard InChI is InChI=1S/C21H26N6/c1-4-22-21(25-13-18-7-5-6-16(2)12-18)26-15-19-8-9-20(24-14-19)27-11-10-23-17(27)3/h5-12,14H,4,13,15H2,1-3H3,(H2,22,25,26). The summed E-state index contributed by atoms with van der Waals surface area (Å²) in [4.78, 5) is 13.4. The van der Waals surface area contributed by atoms with Crippen molar-refractivity contribution in [2.24, 2.45) is 4.99 Å². The number of hydrogen-bond acceptors (Lipinski definition) is 3. The summed E-state index contributed by atoms with van der Waals surface area (Å²) in [5, 5.41) is 6.67. The largest absolute Gasteiger partial charge is 0.357 e. The highest BCUT2D eigenvalue weighted by atomic mass is 15.2. The van der Waals surface area contributed by atoms with Gasteiger partial charge >= 0.3 is 0 Å². The van der Waals surface area contributed by atoms with Gasteiger partial charge in [0.2, 0.25) is 0 Å². The van der Waals surface area contributed by atoms with E-state index in [1.807, 2.05) is 30.0 Å². The zero-order valence-electron chi connectivity index (χ0n) is 16.1. The lowest BCUT2D eigenvalue weighted by atomic mass is 10.1. The van der Waals surface area contributed by atoms with E-state index in [0.29, 0.717) is 6.54 Å². The fourth-order valence-corrected chi connectivity index (χ4v) is 2.79. The molecule has 0 amide bonds. The van der Waals surface area contributed by atoms with Crippen LogP contribution in [-0.2, 0) is 13.1 Å². The average molecular weight is 362 g/mol. The van der Waals surface area contributed by atoms with Crippen LogP contribution in [-0.4, -0.2) is 27.0 Å². The van der Waals surface area contributed by atoms with Crippen LogP contribution < -0.4 is 10.6 Å². The fourth-order valence-electron chi connectivity index (χ4n) is 2.79. The maximum atomic E-state index is 4.67. The second-order valence-electron chi connectivity index (χ2n) is 6.41. The van der Waals surface area contributed by atoms with Gasteiger partial charge in [-0.25, -0.2) is 15.0 Å². The van der Waals surface area contributed by atoms with Crippen molar-refractivity contribution in [3.8, 4) is 5.82 Å². The number of aromatic nitrogens is 3. The molecule has 2 N–H and O–H groups in total. The van der Waals surface area contributed by atoms with E-state index in [2.05, 4.69) is 69.8 Å². The lowest BCUT2D eigenvalue weighted by Crippen LogP contribution is -2.36. The molecule has 0 atom stereocenters. The van der Waals surface area contributed by atoms with Gasteiger partial charge in [-0.05, 0) is 38.0 Å². The summed E-state index contributed by atoms with van der Waals surface area (Å²) < 4.78 is 1.96. The van der Waals surface area contributed by atoms with Gasteiger partial charge in [-0.15, -0.1) is 0 Å². The third-order valence-electron chi connectivity index (χ3n) is 4.19. The van der Waals surface area contributed by atoms with E-state index in [1.54, 1.807) is 6.20 Å². The Hall–Kier alpha value is -3.15. The number of guanidine groups is 1. The highest BCUT2D eigenvalue weighted by molar-refractivity contribution is 5.79. The maximum Gasteiger partial charge on any atom is 0.191 e. The molecule has 0 aliphatic rings. The van der Waals surface area contributed by atoms with Crippen molar-refractivity contribution in [2.75, 3.05) is 6.54 Å². The molecule has 3 rings (SSSR count). The van der Waals surface area contributed by atoms with Gasteiger partial charge < -0.3 is 10.6 Å². The second kappa shape index (κ2) is 8.98. The summed E-state index contributed by atoms with van der Waals surface area (Å²) in [7, 11) is 0. The zero-order chi connectivity index (χ0) is 19.1. The predicted octanol–water partition coefficient (Wildman–Crippen LogP) is 3.14. The SMILES string of the molecule is CCNC(=NCc1ccc(-n2ccnc2C)nc1)NCc1cccc(C)c1. The van der Waals surface area contributed by atoms with Gasteiger partial charge in [-0.3, -0.25) is 4.57 Å². The summed E-state index contributed by atoms with van der Waals surface area (Å²) in [5.41, 5.74) is 3.56. The van der Waals surface area contributed by atoms with E-state index in [9.17, 15) is 0 Å². The molecule has 3 aromatic rings. The molecule has 0 spiro atoms. The van der Waals surface area contributed by atoms with Crippen LogP contribution in [0, 0.1) is 13.8 Å². The number of nitrogens with zero attached hydrogens (tertiary/aromatic N) is 4. The molecule has 0 radical (unpaired) electrons. The summed E-state index contributed by atoms with van der Waals surface area (Å²) in [5.74, 6) is 2.58. The molecule has 27 heavy (non-hydrogen) atoms. The molecule has 2 heterocycles. The van der Waals surface area contributed by atoms with Gasteiger partial charge in [-0.1, -0.05) is 35.9 Å². The summed E-state index contributed by atoms with van der Waals surface area (Å²) in [6.07, 6.45) is 5.55. The van der Waals surface area contributed by atoms with Gasteiger partial charge in [0, 0.05) is 31.7 Å². The Kier molecular flexibility index (Phi) is 6.20. The van der Waals surface area contributed by atoms with Crippen LogP contribution in [0.2, 0.25) is 0 Å². The minimum Gasteiger partial charge on any atom is -0.357 e. The molecule has 6 nitrogen and oxygen atoms in total. The molecule has 2 aromatic heterocycles. The van der Waals surface area contributed by atoms with Crippen molar-refractivity contribution in [3.05, 3.63) is 77.5 Å². The normalized spacial score (nSPS) is 11.4. The minimum atomic E-state index is 0.569. The molecule has 1 aromatic carbocycles. The van der Waals surface area contributed by atoms with Gasteiger partial charge in [-0.2, -0.15) is 0 Å². The van der Waals surface area contributed by atoms with Crippen molar-refractivity contribution in [2.45, 2.75) is 33.9 Å². The monoisotopic (exact) mass is 362 g/mol. The third kappa shape index (κ3) is 5.17. The Bertz CT molecular complexity index is 895. The molecule has 0 saturated heterocycles. The summed E-state index contributed by atoms with van der Waals surface area (Å²) in [6.45, 7) is 8.25. The molecule has 0 fully saturated rings. The molecule has 0 unspecified atom stereocenters. The Labute approximate surface area is 160 Å². The first-order valence-corrected chi connectivity index (χ1v) is 9.18. The topological polar surface area (TPSA) is 67.1 Å². The molecule has 0 aliphatic carbocycles. The smallest absolute Gasteiger partial charge is 0.191 e. The quantitative estimate of drug-likeness (QED) is 0.522. The van der Waals surface area contributed by atoms with Crippen LogP contribution in [0.3, 0.4) is 0 Å². The van der Waals surface area contributed by atoms with Gasteiger partial charge in [0.25, 0.3) is 0 Å².